The molecule has 2 aromatic rings. The molecule has 0 spiro atoms. The van der Waals surface area contributed by atoms with Gasteiger partial charge in [0.25, 0.3) is 0 Å². The molecular formula is C13H14ClN5O3S. The number of phenolic OH excluding ortho intramolecular Hbond substituents is 1. The highest BCUT2D eigenvalue weighted by atomic mass is 35.5. The SMILES string of the molecule is CC(C)(C)c1n[nH]c(=S)n1/N=C/c1cc(Cl)cc([N+](=O)[O-])c1O. The lowest BCUT2D eigenvalue weighted by molar-refractivity contribution is -0.385. The lowest BCUT2D eigenvalue weighted by Crippen LogP contribution is -2.17. The van der Waals surface area contributed by atoms with Crippen molar-refractivity contribution in [1.29, 1.82) is 0 Å². The Bertz CT molecular complexity index is 850. The fourth-order valence-electron chi connectivity index (χ4n) is 1.85. The minimum Gasteiger partial charge on any atom is -0.502 e. The molecule has 0 unspecified atom stereocenters. The van der Waals surface area contributed by atoms with Crippen molar-refractivity contribution in [2.24, 2.45) is 5.10 Å². The molecule has 8 nitrogen and oxygen atoms in total. The van der Waals surface area contributed by atoms with Gasteiger partial charge in [-0.3, -0.25) is 15.2 Å². The average molecular weight is 356 g/mol. The Morgan fingerprint density at radius 2 is 2.17 bits per heavy atom. The summed E-state index contributed by atoms with van der Waals surface area (Å²) in [6, 6.07) is 2.44. The monoisotopic (exact) mass is 355 g/mol. The molecule has 2 N–H and O–H groups in total. The van der Waals surface area contributed by atoms with Crippen LogP contribution in [0.2, 0.25) is 5.02 Å². The highest BCUT2D eigenvalue weighted by Gasteiger charge is 2.22. The van der Waals surface area contributed by atoms with Crippen LogP contribution >= 0.6 is 23.8 Å². The summed E-state index contributed by atoms with van der Waals surface area (Å²) in [6.45, 7) is 5.81. The van der Waals surface area contributed by atoms with Crippen molar-refractivity contribution in [2.45, 2.75) is 26.2 Å². The Labute approximate surface area is 141 Å². The van der Waals surface area contributed by atoms with E-state index in [0.29, 0.717) is 5.82 Å². The molecule has 0 aliphatic rings. The van der Waals surface area contributed by atoms with Crippen LogP contribution in [-0.4, -0.2) is 31.1 Å². The summed E-state index contributed by atoms with van der Waals surface area (Å²) in [4.78, 5) is 10.2. The van der Waals surface area contributed by atoms with Gasteiger partial charge in [-0.05, 0) is 18.3 Å². The van der Waals surface area contributed by atoms with Gasteiger partial charge in [-0.2, -0.15) is 14.9 Å². The number of nitro benzene ring substituents is 1. The lowest BCUT2D eigenvalue weighted by atomic mass is 9.96. The number of aromatic hydroxyl groups is 1. The summed E-state index contributed by atoms with van der Waals surface area (Å²) < 4.78 is 1.66. The van der Waals surface area contributed by atoms with Crippen molar-refractivity contribution < 1.29 is 10.0 Å². The van der Waals surface area contributed by atoms with Crippen LogP contribution in [-0.2, 0) is 5.41 Å². The zero-order valence-corrected chi connectivity index (χ0v) is 14.1. The summed E-state index contributed by atoms with van der Waals surface area (Å²) in [6.07, 6.45) is 1.24. The van der Waals surface area contributed by atoms with Gasteiger partial charge in [0.2, 0.25) is 10.5 Å². The van der Waals surface area contributed by atoms with Crippen molar-refractivity contribution in [1.82, 2.24) is 14.9 Å². The van der Waals surface area contributed by atoms with E-state index >= 15 is 0 Å². The number of halogens is 1. The molecule has 0 saturated carbocycles. The Kier molecular flexibility index (Phi) is 4.53. The maximum atomic E-state index is 10.9. The van der Waals surface area contributed by atoms with E-state index in [4.69, 9.17) is 23.8 Å². The van der Waals surface area contributed by atoms with Crippen LogP contribution < -0.4 is 0 Å². The maximum absolute atomic E-state index is 10.9. The van der Waals surface area contributed by atoms with Gasteiger partial charge in [-0.25, -0.2) is 0 Å². The number of nitro groups is 1. The molecule has 1 heterocycles. The number of aromatic amines is 1. The molecule has 23 heavy (non-hydrogen) atoms. The Morgan fingerprint density at radius 1 is 1.52 bits per heavy atom. The molecule has 0 fully saturated rings. The van der Waals surface area contributed by atoms with Crippen molar-refractivity contribution in [3.63, 3.8) is 0 Å². The van der Waals surface area contributed by atoms with E-state index < -0.39 is 16.4 Å². The first-order chi connectivity index (χ1) is 10.6. The van der Waals surface area contributed by atoms with E-state index in [1.54, 1.807) is 0 Å². The number of H-pyrrole nitrogens is 1. The second-order valence-electron chi connectivity index (χ2n) is 5.78. The van der Waals surface area contributed by atoms with Crippen molar-refractivity contribution in [3.05, 3.63) is 43.4 Å². The molecule has 0 atom stereocenters. The normalized spacial score (nSPS) is 12.0. The molecule has 122 valence electrons. The number of hydrogen-bond donors (Lipinski definition) is 2. The van der Waals surface area contributed by atoms with E-state index in [2.05, 4.69) is 15.3 Å². The summed E-state index contributed by atoms with van der Waals surface area (Å²) >= 11 is 11.0. The quantitative estimate of drug-likeness (QED) is 0.379. The number of benzene rings is 1. The minimum absolute atomic E-state index is 0.104. The van der Waals surface area contributed by atoms with Crippen LogP contribution in [0.25, 0.3) is 0 Å². The predicted molar refractivity (Wildman–Crippen MR) is 88.9 cm³/mol. The third-order valence-electron chi connectivity index (χ3n) is 2.91. The number of rotatable bonds is 3. The maximum Gasteiger partial charge on any atom is 0.312 e. The molecular weight excluding hydrogens is 342 g/mol. The lowest BCUT2D eigenvalue weighted by Gasteiger charge is -2.15. The molecule has 0 amide bonds. The first-order valence-electron chi connectivity index (χ1n) is 6.50. The van der Waals surface area contributed by atoms with Crippen LogP contribution in [0.4, 0.5) is 5.69 Å². The van der Waals surface area contributed by atoms with Gasteiger partial charge in [-0.15, -0.1) is 0 Å². The van der Waals surface area contributed by atoms with Crippen LogP contribution in [0.1, 0.15) is 32.2 Å². The average Bonchev–Trinajstić information content (AvgIpc) is 2.80. The first kappa shape index (κ1) is 17.1. The fraction of sp³-hybridized carbons (Fsp3) is 0.308. The second kappa shape index (κ2) is 6.09. The molecule has 2 rings (SSSR count). The summed E-state index contributed by atoms with van der Waals surface area (Å²) in [7, 11) is 0. The third-order valence-corrected chi connectivity index (χ3v) is 3.40. The van der Waals surface area contributed by atoms with Crippen LogP contribution in [0, 0.1) is 14.9 Å². The number of nitrogens with one attached hydrogen (secondary N) is 1. The van der Waals surface area contributed by atoms with E-state index in [1.165, 1.54) is 17.0 Å². The van der Waals surface area contributed by atoms with E-state index in [1.807, 2.05) is 20.8 Å². The van der Waals surface area contributed by atoms with Gasteiger partial charge in [0.05, 0.1) is 11.1 Å². The number of nitrogens with zero attached hydrogens (tertiary/aromatic N) is 4. The third kappa shape index (κ3) is 3.57. The van der Waals surface area contributed by atoms with Crippen LogP contribution in [0.5, 0.6) is 5.75 Å². The van der Waals surface area contributed by atoms with E-state index in [0.717, 1.165) is 6.07 Å². The largest absolute Gasteiger partial charge is 0.502 e. The smallest absolute Gasteiger partial charge is 0.312 e. The molecule has 1 aromatic carbocycles. The van der Waals surface area contributed by atoms with E-state index in [9.17, 15) is 15.2 Å². The molecule has 0 saturated heterocycles. The number of hydrogen-bond acceptors (Lipinski definition) is 6. The number of aromatic nitrogens is 3. The Balaban J connectivity index is 2.53. The first-order valence-corrected chi connectivity index (χ1v) is 7.29. The van der Waals surface area contributed by atoms with Crippen molar-refractivity contribution in [2.75, 3.05) is 0 Å². The van der Waals surface area contributed by atoms with Gasteiger partial charge in [0, 0.05) is 22.1 Å². The Morgan fingerprint density at radius 3 is 2.74 bits per heavy atom. The van der Waals surface area contributed by atoms with Gasteiger partial charge in [0.1, 0.15) is 0 Å². The van der Waals surface area contributed by atoms with Gasteiger partial charge < -0.3 is 5.11 Å². The summed E-state index contributed by atoms with van der Waals surface area (Å²) in [5, 5.41) is 31.9. The minimum atomic E-state index is -0.720. The number of phenols is 1. The van der Waals surface area contributed by atoms with Gasteiger partial charge in [0.15, 0.2) is 5.82 Å². The van der Waals surface area contributed by atoms with E-state index in [-0.39, 0.29) is 20.8 Å². The molecule has 0 aliphatic carbocycles. The zero-order chi connectivity index (χ0) is 17.4. The molecule has 10 heteroatoms. The van der Waals surface area contributed by atoms with Gasteiger partial charge >= 0.3 is 5.69 Å². The zero-order valence-electron chi connectivity index (χ0n) is 12.6. The van der Waals surface area contributed by atoms with Crippen molar-refractivity contribution >= 4 is 35.7 Å². The molecule has 0 bridgehead atoms. The summed E-state index contributed by atoms with van der Waals surface area (Å²) in [5.74, 6) is 0.0604. The summed E-state index contributed by atoms with van der Waals surface area (Å²) in [5.41, 5.74) is -0.717. The molecule has 0 aliphatic heterocycles. The highest BCUT2D eigenvalue weighted by Crippen LogP contribution is 2.32. The van der Waals surface area contributed by atoms with Crippen molar-refractivity contribution in [3.8, 4) is 5.75 Å². The molecule has 0 radical (unpaired) electrons. The highest BCUT2D eigenvalue weighted by molar-refractivity contribution is 7.71. The standard InChI is InChI=1S/C13H14ClN5O3S/c1-13(2,3)11-16-17-12(23)18(11)15-6-7-4-8(14)5-9(10(7)20)19(21)22/h4-6,20H,1-3H3,(H,17,23)/b15-6+. The topological polar surface area (TPSA) is 109 Å². The fourth-order valence-corrected chi connectivity index (χ4v) is 2.25. The predicted octanol–water partition coefficient (Wildman–Crippen LogP) is 3.39. The van der Waals surface area contributed by atoms with Crippen LogP contribution in [0.15, 0.2) is 17.2 Å². The van der Waals surface area contributed by atoms with Gasteiger partial charge in [-0.1, -0.05) is 32.4 Å². The molecule has 1 aromatic heterocycles. The second-order valence-corrected chi connectivity index (χ2v) is 6.60. The Hall–Kier alpha value is -2.26. The van der Waals surface area contributed by atoms with Crippen LogP contribution in [0.3, 0.4) is 0 Å².